The van der Waals surface area contributed by atoms with Crippen molar-refractivity contribution in [3.8, 4) is 11.1 Å². The lowest BCUT2D eigenvalue weighted by Gasteiger charge is -2.19. The predicted molar refractivity (Wildman–Crippen MR) is 82.6 cm³/mol. The molecule has 2 aromatic carbocycles. The van der Waals surface area contributed by atoms with Crippen molar-refractivity contribution >= 4 is 5.97 Å². The molecule has 2 rings (SSSR count). The number of aliphatic hydroxyl groups excluding tert-OH is 1. The first-order valence-corrected chi connectivity index (χ1v) is 7.08. The highest BCUT2D eigenvalue weighted by Crippen LogP contribution is 2.28. The summed E-state index contributed by atoms with van der Waals surface area (Å²) in [5.41, 5.74) is 2.93. The Balaban J connectivity index is 2.20. The van der Waals surface area contributed by atoms with Crippen LogP contribution < -0.4 is 0 Å². The van der Waals surface area contributed by atoms with Crippen molar-refractivity contribution in [2.24, 2.45) is 5.92 Å². The normalized spacial score (nSPS) is 13.5. The molecule has 21 heavy (non-hydrogen) atoms. The first-order chi connectivity index (χ1) is 10.2. The summed E-state index contributed by atoms with van der Waals surface area (Å²) in [6.07, 6.45) is -0.304. The predicted octanol–water partition coefficient (Wildman–Crippen LogP) is 3.59. The van der Waals surface area contributed by atoms with E-state index in [-0.39, 0.29) is 5.97 Å². The number of hydrogen-bond donors (Lipinski definition) is 1. The lowest BCUT2D eigenvalue weighted by molar-refractivity contribution is -0.149. The molecule has 3 nitrogen and oxygen atoms in total. The summed E-state index contributed by atoms with van der Waals surface area (Å²) < 4.78 is 4.74. The zero-order chi connectivity index (χ0) is 15.2. The molecule has 0 aromatic heterocycles. The Kier molecular flexibility index (Phi) is 5.12. The maximum atomic E-state index is 11.7. The Labute approximate surface area is 125 Å². The second-order valence-electron chi connectivity index (χ2n) is 4.97. The van der Waals surface area contributed by atoms with Gasteiger partial charge in [-0.05, 0) is 23.1 Å². The van der Waals surface area contributed by atoms with Crippen molar-refractivity contribution in [1.29, 1.82) is 0 Å². The zero-order valence-corrected chi connectivity index (χ0v) is 12.3. The van der Waals surface area contributed by atoms with E-state index in [1.165, 1.54) is 7.11 Å². The van der Waals surface area contributed by atoms with Crippen LogP contribution in [0.15, 0.2) is 54.6 Å². The second kappa shape index (κ2) is 7.04. The van der Waals surface area contributed by atoms with E-state index in [0.29, 0.717) is 6.42 Å². The van der Waals surface area contributed by atoms with Gasteiger partial charge in [0.15, 0.2) is 0 Å². The van der Waals surface area contributed by atoms with Crippen LogP contribution in [0.4, 0.5) is 0 Å². The summed E-state index contributed by atoms with van der Waals surface area (Å²) in [4.78, 5) is 11.7. The van der Waals surface area contributed by atoms with E-state index in [9.17, 15) is 9.90 Å². The Bertz CT molecular complexity index is 575. The largest absolute Gasteiger partial charge is 0.469 e. The molecule has 0 saturated heterocycles. The van der Waals surface area contributed by atoms with Crippen molar-refractivity contribution < 1.29 is 14.6 Å². The topological polar surface area (TPSA) is 46.5 Å². The standard InChI is InChI=1S/C18H20O3/c1-3-16(18(20)21-2)17(19)15-11-9-14(10-12-15)13-7-5-4-6-8-13/h4-12,16-17,19H,3H2,1-2H3. The lowest BCUT2D eigenvalue weighted by atomic mass is 9.92. The van der Waals surface area contributed by atoms with Gasteiger partial charge in [0.25, 0.3) is 0 Å². The van der Waals surface area contributed by atoms with Gasteiger partial charge in [0.05, 0.1) is 19.1 Å². The summed E-state index contributed by atoms with van der Waals surface area (Å²) in [6.45, 7) is 1.86. The van der Waals surface area contributed by atoms with Crippen molar-refractivity contribution in [3.05, 3.63) is 60.2 Å². The molecule has 0 saturated carbocycles. The lowest BCUT2D eigenvalue weighted by Crippen LogP contribution is -2.22. The molecule has 0 fully saturated rings. The first kappa shape index (κ1) is 15.3. The van der Waals surface area contributed by atoms with Gasteiger partial charge in [-0.1, -0.05) is 61.5 Å². The third-order valence-electron chi connectivity index (χ3n) is 3.68. The second-order valence-corrected chi connectivity index (χ2v) is 4.97. The van der Waals surface area contributed by atoms with Crippen LogP contribution >= 0.6 is 0 Å². The number of methoxy groups -OCH3 is 1. The van der Waals surface area contributed by atoms with Crippen LogP contribution in [-0.4, -0.2) is 18.2 Å². The molecular weight excluding hydrogens is 264 g/mol. The van der Waals surface area contributed by atoms with Crippen LogP contribution in [0.25, 0.3) is 11.1 Å². The van der Waals surface area contributed by atoms with E-state index in [1.807, 2.05) is 61.5 Å². The Morgan fingerprint density at radius 2 is 1.62 bits per heavy atom. The fraction of sp³-hybridized carbons (Fsp3) is 0.278. The molecular formula is C18H20O3. The van der Waals surface area contributed by atoms with Crippen molar-refractivity contribution in [2.75, 3.05) is 7.11 Å². The van der Waals surface area contributed by atoms with Gasteiger partial charge in [-0.2, -0.15) is 0 Å². The maximum absolute atomic E-state index is 11.7. The summed E-state index contributed by atoms with van der Waals surface area (Å²) in [7, 11) is 1.34. The molecule has 0 bridgehead atoms. The van der Waals surface area contributed by atoms with Gasteiger partial charge in [0, 0.05) is 0 Å². The monoisotopic (exact) mass is 284 g/mol. The minimum Gasteiger partial charge on any atom is -0.469 e. The van der Waals surface area contributed by atoms with Gasteiger partial charge in [0.1, 0.15) is 0 Å². The highest BCUT2D eigenvalue weighted by Gasteiger charge is 2.27. The molecule has 2 atom stereocenters. The van der Waals surface area contributed by atoms with Gasteiger partial charge in [0.2, 0.25) is 0 Å². The molecule has 0 radical (unpaired) electrons. The third-order valence-corrected chi connectivity index (χ3v) is 3.68. The van der Waals surface area contributed by atoms with E-state index < -0.39 is 12.0 Å². The van der Waals surface area contributed by atoms with E-state index in [1.54, 1.807) is 0 Å². The molecule has 0 aliphatic heterocycles. The van der Waals surface area contributed by atoms with Crippen LogP contribution in [0.5, 0.6) is 0 Å². The third kappa shape index (κ3) is 3.50. The minimum absolute atomic E-state index is 0.378. The average Bonchev–Trinajstić information content (AvgIpc) is 2.56. The van der Waals surface area contributed by atoms with Crippen molar-refractivity contribution in [1.82, 2.24) is 0 Å². The van der Waals surface area contributed by atoms with Crippen LogP contribution in [0.3, 0.4) is 0 Å². The highest BCUT2D eigenvalue weighted by molar-refractivity contribution is 5.73. The summed E-state index contributed by atoms with van der Waals surface area (Å²) in [5, 5.41) is 10.3. The quantitative estimate of drug-likeness (QED) is 0.854. The fourth-order valence-electron chi connectivity index (χ4n) is 2.41. The Morgan fingerprint density at radius 3 is 2.14 bits per heavy atom. The molecule has 0 heterocycles. The molecule has 0 amide bonds. The minimum atomic E-state index is -0.840. The number of carbonyl (C=O) groups excluding carboxylic acids is 1. The van der Waals surface area contributed by atoms with Crippen molar-refractivity contribution in [2.45, 2.75) is 19.4 Å². The van der Waals surface area contributed by atoms with Crippen LogP contribution in [0.1, 0.15) is 25.0 Å². The fourth-order valence-corrected chi connectivity index (χ4v) is 2.41. The number of aliphatic hydroxyl groups is 1. The van der Waals surface area contributed by atoms with Gasteiger partial charge < -0.3 is 9.84 Å². The maximum Gasteiger partial charge on any atom is 0.311 e. The SMILES string of the molecule is CCC(C(=O)OC)C(O)c1ccc(-c2ccccc2)cc1. The van der Waals surface area contributed by atoms with E-state index in [2.05, 4.69) is 0 Å². The van der Waals surface area contributed by atoms with E-state index in [4.69, 9.17) is 4.74 Å². The number of hydrogen-bond acceptors (Lipinski definition) is 3. The zero-order valence-electron chi connectivity index (χ0n) is 12.3. The van der Waals surface area contributed by atoms with Gasteiger partial charge >= 0.3 is 5.97 Å². The molecule has 110 valence electrons. The number of rotatable bonds is 5. The van der Waals surface area contributed by atoms with E-state index >= 15 is 0 Å². The first-order valence-electron chi connectivity index (χ1n) is 7.08. The number of benzene rings is 2. The molecule has 0 spiro atoms. The van der Waals surface area contributed by atoms with Gasteiger partial charge in [-0.3, -0.25) is 4.79 Å². The molecule has 0 aliphatic carbocycles. The number of carbonyl (C=O) groups is 1. The Morgan fingerprint density at radius 1 is 1.05 bits per heavy atom. The average molecular weight is 284 g/mol. The molecule has 0 aliphatic rings. The summed E-state index contributed by atoms with van der Waals surface area (Å²) in [6, 6.07) is 17.7. The van der Waals surface area contributed by atoms with Crippen LogP contribution in [0, 0.1) is 5.92 Å². The molecule has 3 heteroatoms. The Hall–Kier alpha value is -2.13. The highest BCUT2D eigenvalue weighted by atomic mass is 16.5. The van der Waals surface area contributed by atoms with Crippen molar-refractivity contribution in [3.63, 3.8) is 0 Å². The molecule has 1 N–H and O–H groups in total. The number of esters is 1. The van der Waals surface area contributed by atoms with Gasteiger partial charge in [-0.25, -0.2) is 0 Å². The molecule has 2 aromatic rings. The van der Waals surface area contributed by atoms with E-state index in [0.717, 1.165) is 16.7 Å². The van der Waals surface area contributed by atoms with Crippen LogP contribution in [-0.2, 0) is 9.53 Å². The smallest absolute Gasteiger partial charge is 0.311 e. The number of ether oxygens (including phenoxy) is 1. The van der Waals surface area contributed by atoms with Crippen LogP contribution in [0.2, 0.25) is 0 Å². The van der Waals surface area contributed by atoms with Gasteiger partial charge in [-0.15, -0.1) is 0 Å². The summed E-state index contributed by atoms with van der Waals surface area (Å²) in [5.74, 6) is -0.908. The summed E-state index contributed by atoms with van der Waals surface area (Å²) >= 11 is 0. The molecule has 2 unspecified atom stereocenters.